The van der Waals surface area contributed by atoms with Crippen molar-refractivity contribution in [1.82, 2.24) is 10.3 Å². The van der Waals surface area contributed by atoms with Crippen LogP contribution in [0.4, 0.5) is 0 Å². The number of carbonyl (C=O) groups is 1. The number of halogens is 1. The fourth-order valence-corrected chi connectivity index (χ4v) is 2.81. The number of amides is 1. The summed E-state index contributed by atoms with van der Waals surface area (Å²) in [6.07, 6.45) is 4.52. The molecular formula is C13H19ClN2O2. The van der Waals surface area contributed by atoms with Gasteiger partial charge in [-0.2, -0.15) is 0 Å². The molecule has 18 heavy (non-hydrogen) atoms. The normalized spacial score (nSPS) is 23.9. The minimum atomic E-state index is -0.192. The summed E-state index contributed by atoms with van der Waals surface area (Å²) in [6, 6.07) is 0. The molecule has 1 aliphatic carbocycles. The largest absolute Gasteiger partial charge is 0.436 e. The molecule has 1 amide bonds. The highest BCUT2D eigenvalue weighted by Gasteiger charge is 2.24. The number of alkyl halides is 1. The van der Waals surface area contributed by atoms with Crippen LogP contribution in [-0.2, 0) is 0 Å². The minimum Gasteiger partial charge on any atom is -0.436 e. The Balaban J connectivity index is 1.90. The number of nitrogens with one attached hydrogen (secondary N) is 1. The van der Waals surface area contributed by atoms with E-state index in [0.29, 0.717) is 29.8 Å². The molecular weight excluding hydrogens is 252 g/mol. The first-order valence-corrected chi connectivity index (χ1v) is 6.88. The number of hydrogen-bond donors (Lipinski definition) is 1. The van der Waals surface area contributed by atoms with Gasteiger partial charge < -0.3 is 9.73 Å². The quantitative estimate of drug-likeness (QED) is 0.860. The topological polar surface area (TPSA) is 55.1 Å². The molecule has 1 aromatic rings. The lowest BCUT2D eigenvalue weighted by Gasteiger charge is -2.26. The lowest BCUT2D eigenvalue weighted by Crippen LogP contribution is -2.34. The first-order chi connectivity index (χ1) is 8.58. The van der Waals surface area contributed by atoms with E-state index in [1.54, 1.807) is 13.8 Å². The summed E-state index contributed by atoms with van der Waals surface area (Å²) in [4.78, 5) is 16.0. The molecule has 2 atom stereocenters. The molecule has 0 aromatic carbocycles. The Bertz CT molecular complexity index is 431. The lowest BCUT2D eigenvalue weighted by atomic mass is 9.89. The molecule has 1 N–H and O–H groups in total. The van der Waals surface area contributed by atoms with E-state index >= 15 is 0 Å². The van der Waals surface area contributed by atoms with Crippen LogP contribution in [0.5, 0.6) is 0 Å². The van der Waals surface area contributed by atoms with Gasteiger partial charge in [0.25, 0.3) is 5.91 Å². The van der Waals surface area contributed by atoms with Gasteiger partial charge >= 0.3 is 0 Å². The number of aryl methyl sites for hydroxylation is 2. The maximum Gasteiger partial charge on any atom is 0.289 e. The zero-order chi connectivity index (χ0) is 13.1. The van der Waals surface area contributed by atoms with Crippen LogP contribution in [0.15, 0.2) is 4.42 Å². The van der Waals surface area contributed by atoms with Gasteiger partial charge in [0.05, 0.1) is 5.69 Å². The van der Waals surface area contributed by atoms with Crippen molar-refractivity contribution >= 4 is 17.5 Å². The molecule has 0 radical (unpaired) electrons. The van der Waals surface area contributed by atoms with Gasteiger partial charge in [0.15, 0.2) is 5.89 Å². The summed E-state index contributed by atoms with van der Waals surface area (Å²) < 4.78 is 5.29. The molecule has 1 heterocycles. The second kappa shape index (κ2) is 5.74. The zero-order valence-electron chi connectivity index (χ0n) is 10.8. The highest BCUT2D eigenvalue weighted by Crippen LogP contribution is 2.28. The van der Waals surface area contributed by atoms with E-state index < -0.39 is 0 Å². The van der Waals surface area contributed by atoms with Crippen molar-refractivity contribution in [3.63, 3.8) is 0 Å². The fraction of sp³-hybridized carbons (Fsp3) is 0.692. The van der Waals surface area contributed by atoms with E-state index in [1.165, 1.54) is 12.8 Å². The summed E-state index contributed by atoms with van der Waals surface area (Å²) in [5, 5.41) is 3.07. The van der Waals surface area contributed by atoms with Crippen LogP contribution >= 0.6 is 11.6 Å². The van der Waals surface area contributed by atoms with Gasteiger partial charge in [0.1, 0.15) is 0 Å². The lowest BCUT2D eigenvalue weighted by molar-refractivity contribution is 0.0914. The number of oxazole rings is 1. The summed E-state index contributed by atoms with van der Waals surface area (Å²) in [5.74, 6) is 1.01. The van der Waals surface area contributed by atoms with Crippen LogP contribution in [0.1, 0.15) is 47.8 Å². The summed E-state index contributed by atoms with van der Waals surface area (Å²) in [5.41, 5.74) is 0.635. The third kappa shape index (κ3) is 3.05. The molecule has 1 aromatic heterocycles. The SMILES string of the molecule is Cc1nc(C)c(C(=O)NCC2CCCCC2Cl)o1. The van der Waals surface area contributed by atoms with Crippen molar-refractivity contribution in [1.29, 1.82) is 0 Å². The number of hydrogen-bond acceptors (Lipinski definition) is 3. The van der Waals surface area contributed by atoms with Crippen LogP contribution in [0.3, 0.4) is 0 Å². The first kappa shape index (κ1) is 13.4. The van der Waals surface area contributed by atoms with Crippen molar-refractivity contribution < 1.29 is 9.21 Å². The number of aromatic nitrogens is 1. The average molecular weight is 271 g/mol. The molecule has 0 aliphatic heterocycles. The number of nitrogens with zero attached hydrogens (tertiary/aromatic N) is 1. The van der Waals surface area contributed by atoms with Crippen molar-refractivity contribution in [3.8, 4) is 0 Å². The second-order valence-corrected chi connectivity index (χ2v) is 5.48. The summed E-state index contributed by atoms with van der Waals surface area (Å²) in [7, 11) is 0. The Morgan fingerprint density at radius 2 is 2.17 bits per heavy atom. The number of carbonyl (C=O) groups excluding carboxylic acids is 1. The van der Waals surface area contributed by atoms with Gasteiger partial charge in [-0.1, -0.05) is 12.8 Å². The van der Waals surface area contributed by atoms with Gasteiger partial charge in [0.2, 0.25) is 5.76 Å². The maximum absolute atomic E-state index is 11.9. The van der Waals surface area contributed by atoms with Crippen molar-refractivity contribution in [2.75, 3.05) is 6.54 Å². The van der Waals surface area contributed by atoms with Gasteiger partial charge in [-0.25, -0.2) is 4.98 Å². The first-order valence-electron chi connectivity index (χ1n) is 6.44. The van der Waals surface area contributed by atoms with Crippen molar-refractivity contribution in [2.24, 2.45) is 5.92 Å². The van der Waals surface area contributed by atoms with Crippen LogP contribution in [0, 0.1) is 19.8 Å². The minimum absolute atomic E-state index is 0.177. The average Bonchev–Trinajstić information content (AvgIpc) is 2.67. The molecule has 1 fully saturated rings. The molecule has 0 saturated heterocycles. The van der Waals surface area contributed by atoms with E-state index in [1.807, 2.05) is 0 Å². The number of rotatable bonds is 3. The van der Waals surface area contributed by atoms with Crippen LogP contribution in [0.2, 0.25) is 0 Å². The van der Waals surface area contributed by atoms with Gasteiger partial charge in [-0.3, -0.25) is 4.79 Å². The second-order valence-electron chi connectivity index (χ2n) is 4.92. The molecule has 1 aliphatic rings. The summed E-state index contributed by atoms with van der Waals surface area (Å²) in [6.45, 7) is 4.13. The highest BCUT2D eigenvalue weighted by atomic mass is 35.5. The van der Waals surface area contributed by atoms with Crippen LogP contribution < -0.4 is 5.32 Å². The van der Waals surface area contributed by atoms with E-state index in [-0.39, 0.29) is 11.3 Å². The Labute approximate surface area is 112 Å². The molecule has 4 nitrogen and oxygen atoms in total. The van der Waals surface area contributed by atoms with Crippen molar-refractivity contribution in [2.45, 2.75) is 44.9 Å². The predicted molar refractivity (Wildman–Crippen MR) is 69.9 cm³/mol. The van der Waals surface area contributed by atoms with Crippen LogP contribution in [-0.4, -0.2) is 22.8 Å². The van der Waals surface area contributed by atoms with Gasteiger partial charge in [-0.05, 0) is 25.7 Å². The van der Waals surface area contributed by atoms with E-state index in [2.05, 4.69) is 10.3 Å². The Morgan fingerprint density at radius 3 is 2.78 bits per heavy atom. The zero-order valence-corrected chi connectivity index (χ0v) is 11.6. The predicted octanol–water partition coefficient (Wildman–Crippen LogP) is 2.82. The fourth-order valence-electron chi connectivity index (χ4n) is 2.44. The van der Waals surface area contributed by atoms with Crippen molar-refractivity contribution in [3.05, 3.63) is 17.3 Å². The monoisotopic (exact) mass is 270 g/mol. The third-order valence-electron chi connectivity index (χ3n) is 3.45. The maximum atomic E-state index is 11.9. The smallest absolute Gasteiger partial charge is 0.289 e. The molecule has 0 bridgehead atoms. The Kier molecular flexibility index (Phi) is 4.27. The summed E-state index contributed by atoms with van der Waals surface area (Å²) >= 11 is 6.26. The highest BCUT2D eigenvalue weighted by molar-refractivity contribution is 6.20. The Hall–Kier alpha value is -1.03. The van der Waals surface area contributed by atoms with E-state index in [4.69, 9.17) is 16.0 Å². The molecule has 5 heteroatoms. The van der Waals surface area contributed by atoms with Gasteiger partial charge in [0, 0.05) is 18.8 Å². The van der Waals surface area contributed by atoms with E-state index in [9.17, 15) is 4.79 Å². The third-order valence-corrected chi connectivity index (χ3v) is 4.03. The van der Waals surface area contributed by atoms with E-state index in [0.717, 1.165) is 12.8 Å². The molecule has 1 saturated carbocycles. The molecule has 2 unspecified atom stereocenters. The molecule has 100 valence electrons. The standard InChI is InChI=1S/C13H19ClN2O2/c1-8-12(18-9(2)16-8)13(17)15-7-10-5-3-4-6-11(10)14/h10-11H,3-7H2,1-2H3,(H,15,17). The van der Waals surface area contributed by atoms with Crippen LogP contribution in [0.25, 0.3) is 0 Å². The molecule has 2 rings (SSSR count). The Morgan fingerprint density at radius 1 is 1.44 bits per heavy atom. The molecule has 0 spiro atoms. The van der Waals surface area contributed by atoms with Gasteiger partial charge in [-0.15, -0.1) is 11.6 Å².